The first kappa shape index (κ1) is 25.0. The van der Waals surface area contributed by atoms with Gasteiger partial charge in [0, 0.05) is 28.5 Å². The van der Waals surface area contributed by atoms with Crippen molar-refractivity contribution in [3.8, 4) is 11.5 Å². The quantitative estimate of drug-likeness (QED) is 0.210. The van der Waals surface area contributed by atoms with E-state index < -0.39 is 29.2 Å². The molecule has 0 bridgehead atoms. The van der Waals surface area contributed by atoms with Crippen LogP contribution in [-0.2, 0) is 14.3 Å². The van der Waals surface area contributed by atoms with Gasteiger partial charge >= 0.3 is 5.97 Å². The topological polar surface area (TPSA) is 154 Å². The molecule has 0 aromatic heterocycles. The first-order chi connectivity index (χ1) is 17.3. The van der Waals surface area contributed by atoms with E-state index in [9.17, 15) is 23.9 Å². The summed E-state index contributed by atoms with van der Waals surface area (Å²) in [5.74, 6) is -1.57. The van der Waals surface area contributed by atoms with Crippen LogP contribution in [0.1, 0.15) is 23.2 Å². The Morgan fingerprint density at radius 2 is 1.81 bits per heavy atom. The van der Waals surface area contributed by atoms with E-state index in [4.69, 9.17) is 15.0 Å². The molecule has 2 aromatic rings. The number of rotatable bonds is 11. The number of nitrogens with zero attached hydrogens (tertiary/aromatic N) is 4. The molecule has 1 heterocycles. The molecule has 2 fully saturated rings. The molecule has 2 N–H and O–H groups in total. The Morgan fingerprint density at radius 1 is 1.14 bits per heavy atom. The number of azide groups is 1. The van der Waals surface area contributed by atoms with Crippen molar-refractivity contribution in [2.45, 2.75) is 24.9 Å². The summed E-state index contributed by atoms with van der Waals surface area (Å²) in [4.78, 5) is 41.2. The van der Waals surface area contributed by atoms with Crippen LogP contribution in [0.2, 0.25) is 0 Å². The second-order valence-electron chi connectivity index (χ2n) is 8.71. The number of nitrogens with one attached hydrogen (secondary N) is 1. The number of fused-ring (bicyclic) bond motifs is 1. The van der Waals surface area contributed by atoms with Gasteiger partial charge in [0.1, 0.15) is 23.4 Å². The molecule has 36 heavy (non-hydrogen) atoms. The molecule has 0 radical (unpaired) electrons. The van der Waals surface area contributed by atoms with Gasteiger partial charge in [-0.05, 0) is 66.9 Å². The summed E-state index contributed by atoms with van der Waals surface area (Å²) in [7, 11) is 0. The number of benzene rings is 2. The average Bonchev–Trinajstić information content (AvgIpc) is 3.47. The minimum absolute atomic E-state index is 0.174. The third-order valence-corrected chi connectivity index (χ3v) is 6.35. The van der Waals surface area contributed by atoms with E-state index in [0.29, 0.717) is 23.5 Å². The molecule has 11 nitrogen and oxygen atoms in total. The largest absolute Gasteiger partial charge is 0.480 e. The summed E-state index contributed by atoms with van der Waals surface area (Å²) in [6.45, 7) is 0.313. The van der Waals surface area contributed by atoms with E-state index >= 15 is 0 Å². The number of carbonyl (C=O) groups is 3. The Kier molecular flexibility index (Phi) is 7.37. The Bertz CT molecular complexity index is 1180. The van der Waals surface area contributed by atoms with E-state index in [-0.39, 0.29) is 44.6 Å². The van der Waals surface area contributed by atoms with Gasteiger partial charge in [-0.3, -0.25) is 9.59 Å². The molecule has 1 aliphatic carbocycles. The van der Waals surface area contributed by atoms with Crippen molar-refractivity contribution in [1.82, 2.24) is 10.2 Å². The normalized spacial score (nSPS) is 21.8. The molecule has 12 heteroatoms. The van der Waals surface area contributed by atoms with Crippen molar-refractivity contribution in [2.24, 2.45) is 10.5 Å². The molecule has 4 rings (SSSR count). The number of carboxylic acid groups (broad SMARTS) is 1. The van der Waals surface area contributed by atoms with Gasteiger partial charge in [0.15, 0.2) is 0 Å². The number of amides is 2. The molecule has 1 aliphatic heterocycles. The number of likely N-dealkylation sites (tertiary alicyclic amines) is 1. The smallest absolute Gasteiger partial charge is 0.326 e. The highest BCUT2D eigenvalue weighted by Crippen LogP contribution is 2.59. The lowest BCUT2D eigenvalue weighted by molar-refractivity contribution is -0.149. The number of halogens is 1. The van der Waals surface area contributed by atoms with Crippen molar-refractivity contribution in [1.29, 1.82) is 0 Å². The fraction of sp³-hybridized carbons (Fsp3) is 0.375. The van der Waals surface area contributed by atoms with Crippen molar-refractivity contribution in [3.63, 3.8) is 0 Å². The van der Waals surface area contributed by atoms with Crippen LogP contribution in [0, 0.1) is 11.2 Å². The highest BCUT2D eigenvalue weighted by Gasteiger charge is 2.67. The summed E-state index contributed by atoms with van der Waals surface area (Å²) >= 11 is 0. The molecule has 2 aromatic carbocycles. The summed E-state index contributed by atoms with van der Waals surface area (Å²) in [6.07, 6.45) is 0.886. The van der Waals surface area contributed by atoms with Crippen LogP contribution in [-0.4, -0.2) is 66.2 Å². The zero-order valence-electron chi connectivity index (χ0n) is 19.2. The fourth-order valence-corrected chi connectivity index (χ4v) is 4.50. The fourth-order valence-electron chi connectivity index (χ4n) is 4.50. The van der Waals surface area contributed by atoms with Crippen molar-refractivity contribution < 1.29 is 33.4 Å². The van der Waals surface area contributed by atoms with Gasteiger partial charge in [0.05, 0.1) is 19.8 Å². The maximum atomic E-state index is 13.0. The van der Waals surface area contributed by atoms with Gasteiger partial charge in [-0.15, -0.1) is 0 Å². The van der Waals surface area contributed by atoms with Crippen LogP contribution in [0.15, 0.2) is 53.6 Å². The summed E-state index contributed by atoms with van der Waals surface area (Å²) in [5.41, 5.74) is 8.17. The number of aliphatic carboxylic acids is 1. The van der Waals surface area contributed by atoms with Gasteiger partial charge in [-0.2, -0.15) is 0 Å². The monoisotopic (exact) mass is 497 g/mol. The SMILES string of the molecule is [N-]=[N+]=NCCOCC12CC(C(=O)O)N(C(=O)CNC(=O)c3ccc(Oc4ccc(F)cc4)cc3)C1C2. The van der Waals surface area contributed by atoms with E-state index in [2.05, 4.69) is 15.3 Å². The highest BCUT2D eigenvalue weighted by atomic mass is 19.1. The average molecular weight is 497 g/mol. The van der Waals surface area contributed by atoms with Crippen molar-refractivity contribution >= 4 is 17.8 Å². The van der Waals surface area contributed by atoms with E-state index in [0.717, 1.165) is 0 Å². The summed E-state index contributed by atoms with van der Waals surface area (Å²) < 4.78 is 24.1. The summed E-state index contributed by atoms with van der Waals surface area (Å²) in [5, 5.41) is 15.6. The molecule has 3 atom stereocenters. The maximum absolute atomic E-state index is 13.0. The molecular formula is C24H24FN5O6. The Balaban J connectivity index is 1.30. The standard InChI is InChI=1S/C24H24FN5O6/c25-16-3-7-18(8-4-16)36-17-5-1-15(2-6-17)22(32)27-13-21(31)30-19(23(33)34)11-24(12-20(24)30)14-35-10-9-28-29-26/h1-8,19-20H,9-14H2,(H,27,32)(H,33,34). The summed E-state index contributed by atoms with van der Waals surface area (Å²) in [6, 6.07) is 10.4. The Labute approximate surface area is 205 Å². The van der Waals surface area contributed by atoms with Crippen molar-refractivity contribution in [3.05, 3.63) is 70.4 Å². The third-order valence-electron chi connectivity index (χ3n) is 6.35. The Morgan fingerprint density at radius 3 is 2.44 bits per heavy atom. The number of hydrogen-bond donors (Lipinski definition) is 2. The molecule has 0 spiro atoms. The van der Waals surface area contributed by atoms with Gasteiger partial charge in [-0.1, -0.05) is 5.11 Å². The van der Waals surface area contributed by atoms with Crippen LogP contribution < -0.4 is 10.1 Å². The van der Waals surface area contributed by atoms with Gasteiger partial charge in [0.25, 0.3) is 5.91 Å². The lowest BCUT2D eigenvalue weighted by Gasteiger charge is -2.24. The molecule has 2 amide bonds. The zero-order chi connectivity index (χ0) is 25.7. The van der Waals surface area contributed by atoms with Crippen molar-refractivity contribution in [2.75, 3.05) is 26.3 Å². The minimum atomic E-state index is -1.10. The van der Waals surface area contributed by atoms with Gasteiger partial charge < -0.3 is 24.8 Å². The first-order valence-corrected chi connectivity index (χ1v) is 11.3. The molecule has 3 unspecified atom stereocenters. The molecule has 188 valence electrons. The lowest BCUT2D eigenvalue weighted by atomic mass is 10.0. The number of ether oxygens (including phenoxy) is 2. The molecule has 1 saturated carbocycles. The van der Waals surface area contributed by atoms with Crippen LogP contribution >= 0.6 is 0 Å². The van der Waals surface area contributed by atoms with E-state index in [1.807, 2.05) is 0 Å². The lowest BCUT2D eigenvalue weighted by Crippen LogP contribution is -2.47. The predicted octanol–water partition coefficient (Wildman–Crippen LogP) is 3.12. The Hall–Kier alpha value is -4.15. The van der Waals surface area contributed by atoms with Crippen LogP contribution in [0.5, 0.6) is 11.5 Å². The second kappa shape index (κ2) is 10.6. The van der Waals surface area contributed by atoms with Crippen LogP contribution in [0.3, 0.4) is 0 Å². The van der Waals surface area contributed by atoms with E-state index in [1.54, 1.807) is 12.1 Å². The molecule has 2 aliphatic rings. The van der Waals surface area contributed by atoms with E-state index in [1.165, 1.54) is 41.3 Å². The minimum Gasteiger partial charge on any atom is -0.480 e. The van der Waals surface area contributed by atoms with Gasteiger partial charge in [0.2, 0.25) is 5.91 Å². The highest BCUT2D eigenvalue weighted by molar-refractivity contribution is 5.97. The number of hydrogen-bond acceptors (Lipinski definition) is 6. The second-order valence-corrected chi connectivity index (χ2v) is 8.71. The van der Waals surface area contributed by atoms with Crippen LogP contribution in [0.25, 0.3) is 10.4 Å². The van der Waals surface area contributed by atoms with Crippen LogP contribution in [0.4, 0.5) is 4.39 Å². The molecule has 1 saturated heterocycles. The number of carboxylic acids is 1. The predicted molar refractivity (Wildman–Crippen MR) is 124 cm³/mol. The molecular weight excluding hydrogens is 473 g/mol. The maximum Gasteiger partial charge on any atom is 0.326 e. The number of carbonyl (C=O) groups excluding carboxylic acids is 2. The first-order valence-electron chi connectivity index (χ1n) is 11.3. The van der Waals surface area contributed by atoms with Gasteiger partial charge in [-0.25, -0.2) is 9.18 Å². The number of piperidine rings is 1. The third kappa shape index (κ3) is 5.56. The zero-order valence-corrected chi connectivity index (χ0v) is 19.2.